The first-order valence-electron chi connectivity index (χ1n) is 3.78. The standard InChI is InChI=1S/C7H12N2O3/c1-9-4-5(7(11)12)2-8-3-6(9)10/h5,8H,2-4H2,1H3,(H,11,12). The molecule has 1 aliphatic heterocycles. The summed E-state index contributed by atoms with van der Waals surface area (Å²) in [5, 5.41) is 11.5. The average Bonchev–Trinajstić information content (AvgIpc) is 2.15. The molecule has 1 unspecified atom stereocenters. The Morgan fingerprint density at radius 3 is 3.00 bits per heavy atom. The highest BCUT2D eigenvalue weighted by Crippen LogP contribution is 2.02. The molecule has 0 aromatic carbocycles. The number of carbonyl (C=O) groups excluding carboxylic acids is 1. The summed E-state index contributed by atoms with van der Waals surface area (Å²) in [5.41, 5.74) is 0. The Bertz CT molecular complexity index is 205. The molecule has 0 aromatic heterocycles. The van der Waals surface area contributed by atoms with Gasteiger partial charge in [-0.2, -0.15) is 0 Å². The van der Waals surface area contributed by atoms with Gasteiger partial charge in [0, 0.05) is 20.1 Å². The topological polar surface area (TPSA) is 69.6 Å². The molecule has 0 aliphatic carbocycles. The number of hydrogen-bond acceptors (Lipinski definition) is 3. The van der Waals surface area contributed by atoms with Crippen LogP contribution in [0.2, 0.25) is 0 Å². The van der Waals surface area contributed by atoms with E-state index in [4.69, 9.17) is 5.11 Å². The molecule has 2 N–H and O–H groups in total. The SMILES string of the molecule is CN1CC(C(=O)O)CNCC1=O. The zero-order valence-electron chi connectivity index (χ0n) is 6.91. The smallest absolute Gasteiger partial charge is 0.309 e. The van der Waals surface area contributed by atoms with Gasteiger partial charge in [-0.25, -0.2) is 0 Å². The molecule has 1 fully saturated rings. The van der Waals surface area contributed by atoms with Crippen LogP contribution in [0.4, 0.5) is 0 Å². The molecular formula is C7H12N2O3. The lowest BCUT2D eigenvalue weighted by molar-refractivity contribution is -0.142. The Morgan fingerprint density at radius 2 is 2.42 bits per heavy atom. The third-order valence-corrected chi connectivity index (χ3v) is 1.94. The van der Waals surface area contributed by atoms with Gasteiger partial charge in [0.25, 0.3) is 0 Å². The highest BCUT2D eigenvalue weighted by molar-refractivity contribution is 5.80. The van der Waals surface area contributed by atoms with Crippen LogP contribution in [0.5, 0.6) is 0 Å². The van der Waals surface area contributed by atoms with Crippen LogP contribution in [0.15, 0.2) is 0 Å². The lowest BCUT2D eigenvalue weighted by Crippen LogP contribution is -2.33. The number of hydrogen-bond donors (Lipinski definition) is 2. The van der Waals surface area contributed by atoms with Gasteiger partial charge in [0.15, 0.2) is 0 Å². The first-order valence-corrected chi connectivity index (χ1v) is 3.78. The van der Waals surface area contributed by atoms with Crippen molar-refractivity contribution in [3.05, 3.63) is 0 Å². The fourth-order valence-corrected chi connectivity index (χ4v) is 1.15. The molecule has 0 saturated carbocycles. The molecule has 1 rings (SSSR count). The molecule has 1 aliphatic rings. The lowest BCUT2D eigenvalue weighted by Gasteiger charge is -2.16. The van der Waals surface area contributed by atoms with Crippen molar-refractivity contribution in [2.24, 2.45) is 5.92 Å². The monoisotopic (exact) mass is 172 g/mol. The molecule has 1 heterocycles. The van der Waals surface area contributed by atoms with Crippen molar-refractivity contribution in [1.82, 2.24) is 10.2 Å². The van der Waals surface area contributed by atoms with Crippen molar-refractivity contribution < 1.29 is 14.7 Å². The van der Waals surface area contributed by atoms with E-state index in [9.17, 15) is 9.59 Å². The van der Waals surface area contributed by atoms with Gasteiger partial charge in [-0.05, 0) is 0 Å². The maximum absolute atomic E-state index is 11.1. The maximum atomic E-state index is 11.1. The van der Waals surface area contributed by atoms with Gasteiger partial charge in [0.2, 0.25) is 5.91 Å². The van der Waals surface area contributed by atoms with Gasteiger partial charge in [-0.15, -0.1) is 0 Å². The molecule has 5 heteroatoms. The van der Waals surface area contributed by atoms with Crippen LogP contribution in [-0.4, -0.2) is 48.6 Å². The molecule has 12 heavy (non-hydrogen) atoms. The molecule has 0 spiro atoms. The van der Waals surface area contributed by atoms with E-state index in [1.54, 1.807) is 7.05 Å². The van der Waals surface area contributed by atoms with Gasteiger partial charge < -0.3 is 15.3 Å². The average molecular weight is 172 g/mol. The summed E-state index contributed by atoms with van der Waals surface area (Å²) >= 11 is 0. The number of nitrogens with one attached hydrogen (secondary N) is 1. The predicted octanol–water partition coefficient (Wildman–Crippen LogP) is -1.25. The van der Waals surface area contributed by atoms with Crippen LogP contribution in [0.1, 0.15) is 0 Å². The Morgan fingerprint density at radius 1 is 1.75 bits per heavy atom. The summed E-state index contributed by atoms with van der Waals surface area (Å²) in [4.78, 5) is 23.1. The van der Waals surface area contributed by atoms with Gasteiger partial charge >= 0.3 is 5.97 Å². The second-order valence-corrected chi connectivity index (χ2v) is 2.94. The first-order chi connectivity index (χ1) is 5.61. The van der Waals surface area contributed by atoms with Crippen LogP contribution in [0.25, 0.3) is 0 Å². The van der Waals surface area contributed by atoms with E-state index in [1.165, 1.54) is 4.90 Å². The van der Waals surface area contributed by atoms with E-state index in [0.717, 1.165) is 0 Å². The Kier molecular flexibility index (Phi) is 2.65. The van der Waals surface area contributed by atoms with Crippen molar-refractivity contribution in [3.8, 4) is 0 Å². The van der Waals surface area contributed by atoms with Gasteiger partial charge in [0.1, 0.15) is 0 Å². The van der Waals surface area contributed by atoms with E-state index in [1.807, 2.05) is 0 Å². The molecular weight excluding hydrogens is 160 g/mol. The summed E-state index contributed by atoms with van der Waals surface area (Å²) in [6.45, 7) is 0.896. The van der Waals surface area contributed by atoms with Crippen molar-refractivity contribution in [2.45, 2.75) is 0 Å². The molecule has 68 valence electrons. The lowest BCUT2D eigenvalue weighted by atomic mass is 10.1. The molecule has 1 amide bonds. The van der Waals surface area contributed by atoms with E-state index in [-0.39, 0.29) is 12.5 Å². The van der Waals surface area contributed by atoms with E-state index in [0.29, 0.717) is 13.1 Å². The number of carbonyl (C=O) groups is 2. The van der Waals surface area contributed by atoms with Gasteiger partial charge in [0.05, 0.1) is 12.5 Å². The molecule has 0 aromatic rings. The summed E-state index contributed by atoms with van der Waals surface area (Å²) in [7, 11) is 1.62. The van der Waals surface area contributed by atoms with E-state index < -0.39 is 11.9 Å². The normalized spacial score (nSPS) is 25.2. The van der Waals surface area contributed by atoms with Crippen molar-refractivity contribution in [3.63, 3.8) is 0 Å². The molecule has 0 bridgehead atoms. The molecule has 1 atom stereocenters. The van der Waals surface area contributed by atoms with Crippen LogP contribution >= 0.6 is 0 Å². The first kappa shape index (κ1) is 8.99. The third kappa shape index (κ3) is 1.94. The van der Waals surface area contributed by atoms with Crippen LogP contribution in [-0.2, 0) is 9.59 Å². The minimum atomic E-state index is -0.857. The number of likely N-dealkylation sites (N-methyl/N-ethyl adjacent to an activating group) is 1. The highest BCUT2D eigenvalue weighted by atomic mass is 16.4. The summed E-state index contributed by atoms with van der Waals surface area (Å²) in [6, 6.07) is 0. The summed E-state index contributed by atoms with van der Waals surface area (Å²) < 4.78 is 0. The number of aliphatic carboxylic acids is 1. The third-order valence-electron chi connectivity index (χ3n) is 1.94. The summed E-state index contributed by atoms with van der Waals surface area (Å²) in [5.74, 6) is -1.40. The van der Waals surface area contributed by atoms with Crippen LogP contribution in [0, 0.1) is 5.92 Å². The molecule has 0 radical (unpaired) electrons. The Labute approximate surface area is 70.4 Å². The van der Waals surface area contributed by atoms with Crippen molar-refractivity contribution in [2.75, 3.05) is 26.7 Å². The quantitative estimate of drug-likeness (QED) is 0.518. The number of carboxylic acid groups (broad SMARTS) is 1. The molecule has 5 nitrogen and oxygen atoms in total. The van der Waals surface area contributed by atoms with Gasteiger partial charge in [-0.1, -0.05) is 0 Å². The molecule has 1 saturated heterocycles. The zero-order valence-corrected chi connectivity index (χ0v) is 6.91. The number of amides is 1. The second kappa shape index (κ2) is 3.53. The fourth-order valence-electron chi connectivity index (χ4n) is 1.15. The summed E-state index contributed by atoms with van der Waals surface area (Å²) in [6.07, 6.45) is 0. The van der Waals surface area contributed by atoms with Crippen molar-refractivity contribution >= 4 is 11.9 Å². The minimum Gasteiger partial charge on any atom is -0.481 e. The Balaban J connectivity index is 2.59. The number of carboxylic acids is 1. The van der Waals surface area contributed by atoms with E-state index in [2.05, 4.69) is 5.32 Å². The number of rotatable bonds is 1. The minimum absolute atomic E-state index is 0.0567. The predicted molar refractivity (Wildman–Crippen MR) is 41.6 cm³/mol. The van der Waals surface area contributed by atoms with Crippen LogP contribution in [0.3, 0.4) is 0 Å². The number of nitrogens with zero attached hydrogens (tertiary/aromatic N) is 1. The van der Waals surface area contributed by atoms with E-state index >= 15 is 0 Å². The second-order valence-electron chi connectivity index (χ2n) is 2.94. The Hall–Kier alpha value is -1.10. The van der Waals surface area contributed by atoms with Crippen LogP contribution < -0.4 is 5.32 Å². The maximum Gasteiger partial charge on any atom is 0.309 e. The zero-order chi connectivity index (χ0) is 9.14. The fraction of sp³-hybridized carbons (Fsp3) is 0.714. The van der Waals surface area contributed by atoms with Gasteiger partial charge in [-0.3, -0.25) is 9.59 Å². The highest BCUT2D eigenvalue weighted by Gasteiger charge is 2.24. The van der Waals surface area contributed by atoms with Crippen molar-refractivity contribution in [1.29, 1.82) is 0 Å². The largest absolute Gasteiger partial charge is 0.481 e.